The fraction of sp³-hybridized carbons (Fsp3) is 0.474. The third-order valence-electron chi connectivity index (χ3n) is 5.65. The Kier molecular flexibility index (Phi) is 4.01. The lowest BCUT2D eigenvalue weighted by atomic mass is 9.80. The summed E-state index contributed by atoms with van der Waals surface area (Å²) < 4.78 is 10.5. The highest BCUT2D eigenvalue weighted by Crippen LogP contribution is 2.57. The SMILES string of the molecule is CC(=O)c1cccc(NC(=O)COC(=O)[C@@H]2[C@@H]3C[C@@H]4[C@@H]2C(=O)O[C@H]4C3)c1. The van der Waals surface area contributed by atoms with Crippen molar-refractivity contribution in [2.24, 2.45) is 23.7 Å². The number of nitrogens with one attached hydrogen (secondary N) is 1. The van der Waals surface area contributed by atoms with Crippen molar-refractivity contribution in [1.82, 2.24) is 0 Å². The Morgan fingerprint density at radius 1 is 1.27 bits per heavy atom. The molecule has 0 radical (unpaired) electrons. The van der Waals surface area contributed by atoms with Crippen LogP contribution in [0, 0.1) is 23.7 Å². The van der Waals surface area contributed by atoms with Crippen LogP contribution in [0.15, 0.2) is 24.3 Å². The second-order valence-corrected chi connectivity index (χ2v) is 7.22. The van der Waals surface area contributed by atoms with E-state index in [9.17, 15) is 19.2 Å². The van der Waals surface area contributed by atoms with Crippen LogP contribution in [0.4, 0.5) is 5.69 Å². The van der Waals surface area contributed by atoms with Gasteiger partial charge in [-0.15, -0.1) is 0 Å². The summed E-state index contributed by atoms with van der Waals surface area (Å²) in [5, 5.41) is 2.60. The number of anilines is 1. The summed E-state index contributed by atoms with van der Waals surface area (Å²) in [6.07, 6.45) is 1.47. The van der Waals surface area contributed by atoms with E-state index < -0.39 is 30.3 Å². The lowest BCUT2D eigenvalue weighted by Gasteiger charge is -2.22. The van der Waals surface area contributed by atoms with E-state index in [-0.39, 0.29) is 29.7 Å². The Bertz CT molecular complexity index is 801. The van der Waals surface area contributed by atoms with Gasteiger partial charge in [-0.3, -0.25) is 19.2 Å². The quantitative estimate of drug-likeness (QED) is 0.634. The van der Waals surface area contributed by atoms with Gasteiger partial charge in [-0.25, -0.2) is 0 Å². The number of rotatable bonds is 5. The van der Waals surface area contributed by atoms with Gasteiger partial charge in [0.2, 0.25) is 0 Å². The van der Waals surface area contributed by atoms with E-state index >= 15 is 0 Å². The summed E-state index contributed by atoms with van der Waals surface area (Å²) in [4.78, 5) is 47.8. The number of esters is 2. The van der Waals surface area contributed by atoms with Gasteiger partial charge in [0.05, 0.1) is 11.8 Å². The third-order valence-corrected chi connectivity index (χ3v) is 5.65. The first-order valence-corrected chi connectivity index (χ1v) is 8.72. The van der Waals surface area contributed by atoms with Crippen LogP contribution in [0.1, 0.15) is 30.1 Å². The first kappa shape index (κ1) is 16.8. The van der Waals surface area contributed by atoms with E-state index in [1.54, 1.807) is 24.3 Å². The van der Waals surface area contributed by atoms with Crippen molar-refractivity contribution in [2.75, 3.05) is 11.9 Å². The van der Waals surface area contributed by atoms with Crippen molar-refractivity contribution in [3.63, 3.8) is 0 Å². The standard InChI is InChI=1S/C19H19NO6/c1-9(21)10-3-2-4-12(5-10)20-15(22)8-25-18(23)16-11-6-13-14(7-11)26-19(24)17(13)16/h2-5,11,13-14,16-17H,6-8H2,1H3,(H,20,22)/t11-,13+,14+,16-,17+/m1/s1. The van der Waals surface area contributed by atoms with Crippen molar-refractivity contribution < 1.29 is 28.7 Å². The van der Waals surface area contributed by atoms with E-state index in [4.69, 9.17) is 9.47 Å². The topological polar surface area (TPSA) is 98.8 Å². The number of carbonyl (C=O) groups excluding carboxylic acids is 4. The molecule has 5 atom stereocenters. The number of hydrogen-bond donors (Lipinski definition) is 1. The van der Waals surface area contributed by atoms with E-state index in [2.05, 4.69) is 5.32 Å². The van der Waals surface area contributed by atoms with Crippen LogP contribution >= 0.6 is 0 Å². The summed E-state index contributed by atoms with van der Waals surface area (Å²) in [5.74, 6) is -2.11. The number of ether oxygens (including phenoxy) is 2. The van der Waals surface area contributed by atoms with E-state index in [0.717, 1.165) is 6.42 Å². The maximum Gasteiger partial charge on any atom is 0.310 e. The average molecular weight is 357 g/mol. The van der Waals surface area contributed by atoms with E-state index in [1.807, 2.05) is 0 Å². The van der Waals surface area contributed by atoms with Gasteiger partial charge in [0.1, 0.15) is 6.10 Å². The van der Waals surface area contributed by atoms with Crippen LogP contribution in [0.5, 0.6) is 0 Å². The Morgan fingerprint density at radius 3 is 2.85 bits per heavy atom. The minimum absolute atomic E-state index is 0.0431. The zero-order chi connectivity index (χ0) is 18.4. The van der Waals surface area contributed by atoms with Crippen molar-refractivity contribution in [2.45, 2.75) is 25.9 Å². The van der Waals surface area contributed by atoms with Gasteiger partial charge in [-0.1, -0.05) is 12.1 Å². The van der Waals surface area contributed by atoms with Crippen molar-refractivity contribution in [3.8, 4) is 0 Å². The Balaban J connectivity index is 1.34. The number of ketones is 1. The van der Waals surface area contributed by atoms with Crippen LogP contribution in [-0.4, -0.2) is 36.3 Å². The van der Waals surface area contributed by atoms with Gasteiger partial charge in [0.15, 0.2) is 12.4 Å². The number of amides is 1. The molecule has 0 unspecified atom stereocenters. The molecule has 1 aromatic rings. The fourth-order valence-electron chi connectivity index (χ4n) is 4.57. The minimum atomic E-state index is -0.507. The monoisotopic (exact) mass is 357 g/mol. The predicted molar refractivity (Wildman–Crippen MR) is 89.1 cm³/mol. The van der Waals surface area contributed by atoms with E-state index in [1.165, 1.54) is 6.92 Å². The van der Waals surface area contributed by atoms with Gasteiger partial charge in [-0.05, 0) is 37.8 Å². The first-order chi connectivity index (χ1) is 12.4. The summed E-state index contributed by atoms with van der Waals surface area (Å²) >= 11 is 0. The smallest absolute Gasteiger partial charge is 0.310 e. The molecule has 1 aliphatic heterocycles. The summed E-state index contributed by atoms with van der Waals surface area (Å²) in [7, 11) is 0. The molecule has 2 saturated carbocycles. The molecule has 7 heteroatoms. The van der Waals surface area contributed by atoms with Crippen molar-refractivity contribution in [1.29, 1.82) is 0 Å². The molecule has 7 nitrogen and oxygen atoms in total. The molecule has 1 N–H and O–H groups in total. The predicted octanol–water partition coefficient (Wildman–Crippen LogP) is 1.57. The molecule has 26 heavy (non-hydrogen) atoms. The van der Waals surface area contributed by atoms with Crippen LogP contribution < -0.4 is 5.32 Å². The molecule has 1 saturated heterocycles. The van der Waals surface area contributed by atoms with Crippen molar-refractivity contribution in [3.05, 3.63) is 29.8 Å². The van der Waals surface area contributed by atoms with Gasteiger partial charge in [0.25, 0.3) is 5.91 Å². The molecule has 2 bridgehead atoms. The summed E-state index contributed by atoms with van der Waals surface area (Å²) in [6.45, 7) is 1.01. The van der Waals surface area contributed by atoms with Crippen LogP contribution in [0.2, 0.25) is 0 Å². The maximum absolute atomic E-state index is 12.4. The average Bonchev–Trinajstić information content (AvgIpc) is 3.22. The molecule has 2 aliphatic carbocycles. The third kappa shape index (κ3) is 2.77. The van der Waals surface area contributed by atoms with Gasteiger partial charge in [-0.2, -0.15) is 0 Å². The Labute approximate surface area is 150 Å². The number of fused-ring (bicyclic) bond motifs is 1. The molecular weight excluding hydrogens is 338 g/mol. The van der Waals surface area contributed by atoms with Crippen molar-refractivity contribution >= 4 is 29.3 Å². The number of carbonyl (C=O) groups is 4. The van der Waals surface area contributed by atoms with Gasteiger partial charge < -0.3 is 14.8 Å². The first-order valence-electron chi connectivity index (χ1n) is 8.72. The van der Waals surface area contributed by atoms with E-state index in [0.29, 0.717) is 17.7 Å². The number of Topliss-reactive ketones (excluding diaryl/α,β-unsaturated/α-hetero) is 1. The molecule has 0 spiro atoms. The second-order valence-electron chi connectivity index (χ2n) is 7.22. The highest BCUT2D eigenvalue weighted by molar-refractivity contribution is 5.97. The largest absolute Gasteiger partial charge is 0.462 e. The Morgan fingerprint density at radius 2 is 2.08 bits per heavy atom. The zero-order valence-corrected chi connectivity index (χ0v) is 14.3. The highest BCUT2D eigenvalue weighted by Gasteiger charge is 2.64. The zero-order valence-electron chi connectivity index (χ0n) is 14.3. The lowest BCUT2D eigenvalue weighted by molar-refractivity contribution is -0.157. The highest BCUT2D eigenvalue weighted by atomic mass is 16.6. The molecule has 1 aromatic carbocycles. The summed E-state index contributed by atoms with van der Waals surface area (Å²) in [5.41, 5.74) is 0.942. The molecule has 3 aliphatic rings. The van der Waals surface area contributed by atoms with Gasteiger partial charge in [0, 0.05) is 17.2 Å². The molecule has 1 heterocycles. The summed E-state index contributed by atoms with van der Waals surface area (Å²) in [6, 6.07) is 6.53. The molecule has 4 rings (SSSR count). The molecule has 0 aromatic heterocycles. The molecule has 1 amide bonds. The minimum Gasteiger partial charge on any atom is -0.462 e. The molecule has 136 valence electrons. The van der Waals surface area contributed by atoms with Crippen LogP contribution in [0.3, 0.4) is 0 Å². The second kappa shape index (κ2) is 6.23. The fourth-order valence-corrected chi connectivity index (χ4v) is 4.57. The Hall–Kier alpha value is -2.70. The molecular formula is C19H19NO6. The van der Waals surface area contributed by atoms with Crippen LogP contribution in [-0.2, 0) is 23.9 Å². The maximum atomic E-state index is 12.4. The van der Waals surface area contributed by atoms with Crippen LogP contribution in [0.25, 0.3) is 0 Å². The molecule has 3 fully saturated rings. The lowest BCUT2D eigenvalue weighted by Crippen LogP contribution is -2.34. The number of benzene rings is 1. The van der Waals surface area contributed by atoms with Gasteiger partial charge >= 0.3 is 11.9 Å². The normalized spacial score (nSPS) is 30.8. The number of hydrogen-bond acceptors (Lipinski definition) is 6.